The summed E-state index contributed by atoms with van der Waals surface area (Å²) in [6, 6.07) is 8.32. The van der Waals surface area contributed by atoms with Crippen molar-refractivity contribution in [1.82, 2.24) is 15.1 Å². The van der Waals surface area contributed by atoms with Gasteiger partial charge < -0.3 is 4.90 Å². The zero-order valence-corrected chi connectivity index (χ0v) is 12.4. The molecule has 0 bridgehead atoms. The van der Waals surface area contributed by atoms with Gasteiger partial charge in [0, 0.05) is 4.47 Å². The summed E-state index contributed by atoms with van der Waals surface area (Å²) >= 11 is 3.45. The molecule has 1 N–H and O–H groups in total. The smallest absolute Gasteiger partial charge is 0.0682 e. The molecule has 0 amide bonds. The Hall–Kier alpha value is -1.13. The van der Waals surface area contributed by atoms with E-state index in [4.69, 9.17) is 0 Å². The molecule has 3 nitrogen and oxygen atoms in total. The van der Waals surface area contributed by atoms with Crippen LogP contribution in [0.4, 0.5) is 0 Å². The van der Waals surface area contributed by atoms with Crippen molar-refractivity contribution in [3.05, 3.63) is 40.5 Å². The third kappa shape index (κ3) is 3.43. The maximum absolute atomic E-state index is 4.17. The van der Waals surface area contributed by atoms with Gasteiger partial charge in [0.05, 0.1) is 11.9 Å². The molecule has 2 aromatic rings. The monoisotopic (exact) mass is 307 g/mol. The van der Waals surface area contributed by atoms with E-state index in [2.05, 4.69) is 69.4 Å². The van der Waals surface area contributed by atoms with E-state index in [-0.39, 0.29) is 0 Å². The predicted octanol–water partition coefficient (Wildman–Crippen LogP) is 3.33. The second-order valence-electron chi connectivity index (χ2n) is 4.68. The van der Waals surface area contributed by atoms with Gasteiger partial charge in [-0.1, -0.05) is 28.1 Å². The maximum atomic E-state index is 4.17. The molecule has 0 aliphatic heterocycles. The number of hydrogen-bond donors (Lipinski definition) is 1. The molecule has 0 atom stereocenters. The van der Waals surface area contributed by atoms with Crippen LogP contribution in [0.2, 0.25) is 0 Å². The fourth-order valence-electron chi connectivity index (χ4n) is 1.95. The van der Waals surface area contributed by atoms with Crippen molar-refractivity contribution >= 4 is 15.9 Å². The number of rotatable bonds is 5. The first kappa shape index (κ1) is 13.3. The van der Waals surface area contributed by atoms with E-state index in [9.17, 15) is 0 Å². The lowest BCUT2D eigenvalue weighted by Gasteiger charge is -2.09. The van der Waals surface area contributed by atoms with Crippen molar-refractivity contribution in [3.8, 4) is 11.3 Å². The Labute approximate surface area is 116 Å². The molecule has 0 radical (unpaired) electrons. The van der Waals surface area contributed by atoms with E-state index in [1.165, 1.54) is 11.1 Å². The summed E-state index contributed by atoms with van der Waals surface area (Å²) in [5.74, 6) is 0. The van der Waals surface area contributed by atoms with Crippen LogP contribution in [0.5, 0.6) is 0 Å². The van der Waals surface area contributed by atoms with Gasteiger partial charge in [-0.05, 0) is 56.7 Å². The van der Waals surface area contributed by atoms with Crippen LogP contribution in [0, 0.1) is 0 Å². The van der Waals surface area contributed by atoms with Crippen molar-refractivity contribution in [2.24, 2.45) is 0 Å². The number of halogens is 1. The summed E-state index contributed by atoms with van der Waals surface area (Å²) in [6.07, 6.45) is 4.14. The van der Waals surface area contributed by atoms with Crippen LogP contribution < -0.4 is 0 Å². The Morgan fingerprint density at radius 3 is 2.61 bits per heavy atom. The zero-order valence-electron chi connectivity index (χ0n) is 10.8. The van der Waals surface area contributed by atoms with Crippen LogP contribution in [-0.4, -0.2) is 35.7 Å². The van der Waals surface area contributed by atoms with E-state index in [0.717, 1.165) is 29.6 Å². The molecule has 18 heavy (non-hydrogen) atoms. The Balaban J connectivity index is 2.10. The van der Waals surface area contributed by atoms with Gasteiger partial charge in [-0.2, -0.15) is 5.10 Å². The van der Waals surface area contributed by atoms with Gasteiger partial charge in [0.2, 0.25) is 0 Å². The predicted molar refractivity (Wildman–Crippen MR) is 78.6 cm³/mol. The molecule has 1 aromatic heterocycles. The van der Waals surface area contributed by atoms with Crippen molar-refractivity contribution in [1.29, 1.82) is 0 Å². The van der Waals surface area contributed by atoms with Gasteiger partial charge in [0.1, 0.15) is 0 Å². The van der Waals surface area contributed by atoms with Crippen molar-refractivity contribution in [2.75, 3.05) is 20.6 Å². The number of aromatic amines is 1. The molecule has 1 aromatic carbocycles. The first-order valence-corrected chi connectivity index (χ1v) is 6.89. The summed E-state index contributed by atoms with van der Waals surface area (Å²) in [4.78, 5) is 2.21. The van der Waals surface area contributed by atoms with Crippen molar-refractivity contribution < 1.29 is 0 Å². The molecule has 0 aliphatic carbocycles. The number of aromatic nitrogens is 2. The highest BCUT2D eigenvalue weighted by Crippen LogP contribution is 2.23. The van der Waals surface area contributed by atoms with E-state index < -0.39 is 0 Å². The normalized spacial score (nSPS) is 11.1. The fraction of sp³-hybridized carbons (Fsp3) is 0.357. The van der Waals surface area contributed by atoms with E-state index in [1.54, 1.807) is 0 Å². The van der Waals surface area contributed by atoms with Crippen LogP contribution in [0.15, 0.2) is 34.9 Å². The van der Waals surface area contributed by atoms with Gasteiger partial charge >= 0.3 is 0 Å². The molecule has 96 valence electrons. The SMILES string of the molecule is CN(C)CCCc1cn[nH]c1-c1ccc(Br)cc1. The molecule has 4 heteroatoms. The Kier molecular flexibility index (Phi) is 4.55. The molecule has 0 saturated carbocycles. The minimum atomic E-state index is 1.06. The van der Waals surface area contributed by atoms with Gasteiger partial charge in [0.15, 0.2) is 0 Å². The second kappa shape index (κ2) is 6.16. The lowest BCUT2D eigenvalue weighted by atomic mass is 10.0. The van der Waals surface area contributed by atoms with E-state index in [0.29, 0.717) is 0 Å². The van der Waals surface area contributed by atoms with Gasteiger partial charge in [-0.25, -0.2) is 0 Å². The Bertz CT molecular complexity index is 488. The Morgan fingerprint density at radius 1 is 1.22 bits per heavy atom. The van der Waals surface area contributed by atoms with Crippen molar-refractivity contribution in [3.63, 3.8) is 0 Å². The number of nitrogens with zero attached hydrogens (tertiary/aromatic N) is 2. The standard InChI is InChI=1S/C14H18BrN3/c1-18(2)9-3-4-12-10-16-17-14(12)11-5-7-13(15)8-6-11/h5-8,10H,3-4,9H2,1-2H3,(H,16,17). The Morgan fingerprint density at radius 2 is 1.94 bits per heavy atom. The van der Waals surface area contributed by atoms with Crippen LogP contribution >= 0.6 is 15.9 Å². The molecule has 1 heterocycles. The number of nitrogens with one attached hydrogen (secondary N) is 1. The lowest BCUT2D eigenvalue weighted by molar-refractivity contribution is 0.400. The summed E-state index contributed by atoms with van der Waals surface area (Å²) in [5.41, 5.74) is 3.62. The highest BCUT2D eigenvalue weighted by Gasteiger charge is 2.07. The first-order chi connectivity index (χ1) is 8.66. The average molecular weight is 308 g/mol. The largest absolute Gasteiger partial charge is 0.309 e. The summed E-state index contributed by atoms with van der Waals surface area (Å²) in [7, 11) is 4.20. The van der Waals surface area contributed by atoms with E-state index >= 15 is 0 Å². The highest BCUT2D eigenvalue weighted by atomic mass is 79.9. The summed E-state index contributed by atoms with van der Waals surface area (Å²) in [6.45, 7) is 1.10. The quantitative estimate of drug-likeness (QED) is 0.919. The average Bonchev–Trinajstić information content (AvgIpc) is 2.78. The second-order valence-corrected chi connectivity index (χ2v) is 5.60. The zero-order chi connectivity index (χ0) is 13.0. The molecular formula is C14H18BrN3. The van der Waals surface area contributed by atoms with Crippen molar-refractivity contribution in [2.45, 2.75) is 12.8 Å². The first-order valence-electron chi connectivity index (χ1n) is 6.10. The minimum absolute atomic E-state index is 1.06. The molecule has 0 spiro atoms. The van der Waals surface area contributed by atoms with Crippen LogP contribution in [-0.2, 0) is 6.42 Å². The van der Waals surface area contributed by atoms with Gasteiger partial charge in [0.25, 0.3) is 0 Å². The topological polar surface area (TPSA) is 31.9 Å². The number of hydrogen-bond acceptors (Lipinski definition) is 2. The fourth-order valence-corrected chi connectivity index (χ4v) is 2.22. The molecule has 0 saturated heterocycles. The number of H-pyrrole nitrogens is 1. The number of aryl methyl sites for hydroxylation is 1. The van der Waals surface area contributed by atoms with Gasteiger partial charge in [-0.15, -0.1) is 0 Å². The van der Waals surface area contributed by atoms with Crippen LogP contribution in [0.25, 0.3) is 11.3 Å². The number of benzene rings is 1. The van der Waals surface area contributed by atoms with Crippen LogP contribution in [0.3, 0.4) is 0 Å². The maximum Gasteiger partial charge on any atom is 0.0682 e. The molecule has 0 aliphatic rings. The van der Waals surface area contributed by atoms with Crippen LogP contribution in [0.1, 0.15) is 12.0 Å². The summed E-state index contributed by atoms with van der Waals surface area (Å²) < 4.78 is 1.10. The lowest BCUT2D eigenvalue weighted by Crippen LogP contribution is -2.13. The summed E-state index contributed by atoms with van der Waals surface area (Å²) in [5, 5.41) is 7.27. The third-order valence-corrected chi connectivity index (χ3v) is 3.43. The molecule has 2 rings (SSSR count). The molecule has 0 unspecified atom stereocenters. The van der Waals surface area contributed by atoms with Gasteiger partial charge in [-0.3, -0.25) is 5.10 Å². The molecular weight excluding hydrogens is 290 g/mol. The van der Waals surface area contributed by atoms with E-state index in [1.807, 2.05) is 6.20 Å². The highest BCUT2D eigenvalue weighted by molar-refractivity contribution is 9.10. The molecule has 0 fully saturated rings. The third-order valence-electron chi connectivity index (χ3n) is 2.90. The minimum Gasteiger partial charge on any atom is -0.309 e.